The van der Waals surface area contributed by atoms with Gasteiger partial charge < -0.3 is 0 Å². The fraction of sp³-hybridized carbons (Fsp3) is 0. The van der Waals surface area contributed by atoms with Crippen LogP contribution in [0.4, 0.5) is 8.78 Å². The van der Waals surface area contributed by atoms with Crippen LogP contribution in [-0.2, 0) is 0 Å². The maximum Gasteiger partial charge on any atom is 0.269 e. The van der Waals surface area contributed by atoms with Gasteiger partial charge in [0.05, 0.1) is 25.3 Å². The molecule has 0 heterocycles. The number of nitriles is 2. The van der Waals surface area contributed by atoms with Gasteiger partial charge in [-0.2, -0.15) is 0 Å². The summed E-state index contributed by atoms with van der Waals surface area (Å²) in [6.45, 7) is 14.7. The highest BCUT2D eigenvalue weighted by atomic mass is 19.1. The van der Waals surface area contributed by atoms with Gasteiger partial charge in [-0.15, -0.1) is 0 Å². The van der Waals surface area contributed by atoms with E-state index in [0.29, 0.717) is 22.3 Å². The predicted molar refractivity (Wildman–Crippen MR) is 108 cm³/mol. The molecule has 0 N–H and O–H groups in total. The van der Waals surface area contributed by atoms with Crippen molar-refractivity contribution < 1.29 is 8.78 Å². The second kappa shape index (κ2) is 8.49. The molecule has 0 radical (unpaired) electrons. The number of hydrogen-bond acceptors (Lipinski definition) is 2. The molecule has 6 heteroatoms. The first-order valence-corrected chi connectivity index (χ1v) is 8.52. The second-order valence-electron chi connectivity index (χ2n) is 6.10. The van der Waals surface area contributed by atoms with Crippen molar-refractivity contribution in [3.63, 3.8) is 0 Å². The Kier molecular flexibility index (Phi) is 5.65. The smallest absolute Gasteiger partial charge is 0.226 e. The molecule has 0 amide bonds. The summed E-state index contributed by atoms with van der Waals surface area (Å²) in [5.41, 5.74) is 1.42. The van der Waals surface area contributed by atoms with E-state index >= 15 is 0 Å². The molecule has 0 unspecified atom stereocenters. The Hall–Kier alpha value is -4.78. The fourth-order valence-corrected chi connectivity index (χ4v) is 3.02. The molecule has 0 atom stereocenters. The summed E-state index contributed by atoms with van der Waals surface area (Å²) in [4.78, 5) is 6.57. The molecule has 0 fully saturated rings. The van der Waals surface area contributed by atoms with E-state index in [-0.39, 0.29) is 21.8 Å². The zero-order valence-corrected chi connectivity index (χ0v) is 15.3. The van der Waals surface area contributed by atoms with Crippen LogP contribution in [0.15, 0.2) is 60.7 Å². The van der Waals surface area contributed by atoms with Gasteiger partial charge in [0.2, 0.25) is 0 Å². The Morgan fingerprint density at radius 3 is 1.27 bits per heavy atom. The molecule has 30 heavy (non-hydrogen) atoms. The Labute approximate surface area is 171 Å². The van der Waals surface area contributed by atoms with Gasteiger partial charge in [-0.25, -0.2) is 29.0 Å². The maximum absolute atomic E-state index is 13.4. The monoisotopic (exact) mass is 392 g/mol. The van der Waals surface area contributed by atoms with Crippen molar-refractivity contribution in [3.05, 3.63) is 106 Å². The topological polar surface area (TPSA) is 56.3 Å². The average Bonchev–Trinajstić information content (AvgIpc) is 2.77. The van der Waals surface area contributed by atoms with Gasteiger partial charge in [-0.3, -0.25) is 0 Å². The molecule has 3 rings (SSSR count). The van der Waals surface area contributed by atoms with Crippen LogP contribution in [0.5, 0.6) is 0 Å². The largest absolute Gasteiger partial charge is 0.269 e. The molecule has 0 aromatic heterocycles. The van der Waals surface area contributed by atoms with Gasteiger partial charge in [-0.1, -0.05) is 36.4 Å². The minimum absolute atomic E-state index is 0.203. The summed E-state index contributed by atoms with van der Waals surface area (Å²) in [6.07, 6.45) is 0. The van der Waals surface area contributed by atoms with Gasteiger partial charge in [0.25, 0.3) is 11.4 Å². The lowest BCUT2D eigenvalue weighted by Crippen LogP contribution is -2.18. The van der Waals surface area contributed by atoms with E-state index in [1.165, 1.54) is 60.7 Å². The summed E-state index contributed by atoms with van der Waals surface area (Å²) >= 11 is 0. The molecule has 140 valence electrons. The van der Waals surface area contributed by atoms with Crippen molar-refractivity contribution in [3.8, 4) is 34.4 Å². The number of hydrogen-bond donors (Lipinski definition) is 0. The van der Waals surface area contributed by atoms with Crippen molar-refractivity contribution >= 4 is 11.4 Å². The first-order valence-electron chi connectivity index (χ1n) is 8.52. The van der Waals surface area contributed by atoms with Gasteiger partial charge in [0.1, 0.15) is 11.6 Å². The lowest BCUT2D eigenvalue weighted by molar-refractivity contribution is 0.627. The van der Waals surface area contributed by atoms with Crippen molar-refractivity contribution in [1.29, 1.82) is 10.5 Å². The van der Waals surface area contributed by atoms with Crippen molar-refractivity contribution in [2.45, 2.75) is 0 Å². The molecular formula is C24H10F2N4. The Bertz CT molecular complexity index is 1280. The quantitative estimate of drug-likeness (QED) is 0.607. The molecule has 0 aliphatic heterocycles. The summed E-state index contributed by atoms with van der Waals surface area (Å²) in [6, 6.07) is 17.6. The van der Waals surface area contributed by atoms with E-state index in [0.717, 1.165) is 0 Å². The van der Waals surface area contributed by atoms with E-state index in [1.807, 2.05) is 12.1 Å². The number of halogens is 2. The third kappa shape index (κ3) is 3.76. The zero-order chi connectivity index (χ0) is 21.7. The summed E-state index contributed by atoms with van der Waals surface area (Å²) in [7, 11) is 0. The standard InChI is InChI=1S/C24H10F2N4/c1-29-23(13-27)21-11-20(16-5-9-18(26)10-6-16)22(24(14-28)30-2)12-19(21)15-3-7-17(25)8-4-15/h3-12H/b23-21-,24-22+. The third-order valence-electron chi connectivity index (χ3n) is 4.41. The molecule has 0 spiro atoms. The molecule has 0 saturated heterocycles. The van der Waals surface area contributed by atoms with Crippen LogP contribution in [0.2, 0.25) is 0 Å². The molecule has 0 saturated carbocycles. The average molecular weight is 392 g/mol. The van der Waals surface area contributed by atoms with E-state index in [4.69, 9.17) is 13.1 Å². The Morgan fingerprint density at radius 2 is 1.00 bits per heavy atom. The number of nitrogens with zero attached hydrogens (tertiary/aromatic N) is 4. The highest BCUT2D eigenvalue weighted by Crippen LogP contribution is 2.21. The molecule has 0 bridgehead atoms. The normalized spacial score (nSPS) is 11.9. The Balaban J connectivity index is 2.57. The molecule has 4 nitrogen and oxygen atoms in total. The lowest BCUT2D eigenvalue weighted by atomic mass is 9.94. The number of rotatable bonds is 2. The minimum atomic E-state index is -0.455. The zero-order valence-electron chi connectivity index (χ0n) is 15.3. The van der Waals surface area contributed by atoms with Crippen LogP contribution < -0.4 is 10.4 Å². The molecular weight excluding hydrogens is 382 g/mol. The lowest BCUT2D eigenvalue weighted by Gasteiger charge is -2.10. The SMILES string of the molecule is [C-]#[N+]/C(C#N)=c1/cc(-c2ccc(F)cc2)/c(=C(\C#N)[N+]#[C-])cc1-c1ccc(F)cc1. The highest BCUT2D eigenvalue weighted by molar-refractivity contribution is 5.82. The Morgan fingerprint density at radius 1 is 0.667 bits per heavy atom. The minimum Gasteiger partial charge on any atom is -0.226 e. The number of benzene rings is 3. The first-order chi connectivity index (χ1) is 14.5. The van der Waals surface area contributed by atoms with Crippen LogP contribution in [0.1, 0.15) is 0 Å². The van der Waals surface area contributed by atoms with Gasteiger partial charge in [0, 0.05) is 0 Å². The summed E-state index contributed by atoms with van der Waals surface area (Å²) < 4.78 is 26.8. The summed E-state index contributed by atoms with van der Waals surface area (Å²) in [5, 5.41) is 19.4. The van der Waals surface area contributed by atoms with Crippen LogP contribution in [0.3, 0.4) is 0 Å². The molecule has 0 aliphatic rings. The summed E-state index contributed by atoms with van der Waals surface area (Å²) in [5.74, 6) is -0.910. The molecule has 3 aromatic carbocycles. The molecule has 0 aliphatic carbocycles. The van der Waals surface area contributed by atoms with Crippen LogP contribution in [-0.4, -0.2) is 0 Å². The van der Waals surface area contributed by atoms with Gasteiger partial charge in [-0.05, 0) is 57.0 Å². The van der Waals surface area contributed by atoms with Crippen molar-refractivity contribution in [1.82, 2.24) is 0 Å². The van der Waals surface area contributed by atoms with Crippen LogP contribution in [0, 0.1) is 47.4 Å². The predicted octanol–water partition coefficient (Wildman–Crippen LogP) is 4.40. The van der Waals surface area contributed by atoms with Gasteiger partial charge in [0.15, 0.2) is 0 Å². The second-order valence-corrected chi connectivity index (χ2v) is 6.10. The third-order valence-corrected chi connectivity index (χ3v) is 4.41. The van der Waals surface area contributed by atoms with Crippen LogP contribution in [0.25, 0.3) is 43.3 Å². The highest BCUT2D eigenvalue weighted by Gasteiger charge is 2.12. The van der Waals surface area contributed by atoms with E-state index in [2.05, 4.69) is 9.69 Å². The maximum atomic E-state index is 13.4. The van der Waals surface area contributed by atoms with E-state index in [1.54, 1.807) is 0 Å². The van der Waals surface area contributed by atoms with Crippen molar-refractivity contribution in [2.75, 3.05) is 0 Å². The first kappa shape index (κ1) is 20.0. The van der Waals surface area contributed by atoms with E-state index < -0.39 is 11.6 Å². The van der Waals surface area contributed by atoms with Crippen molar-refractivity contribution in [2.24, 2.45) is 0 Å². The fourth-order valence-electron chi connectivity index (χ4n) is 3.02. The van der Waals surface area contributed by atoms with Gasteiger partial charge >= 0.3 is 0 Å². The molecule has 3 aromatic rings. The van der Waals surface area contributed by atoms with Crippen LogP contribution >= 0.6 is 0 Å². The van der Waals surface area contributed by atoms with E-state index in [9.17, 15) is 19.3 Å².